The molecule has 1 amide bonds. The molecule has 1 aliphatic rings. The summed E-state index contributed by atoms with van der Waals surface area (Å²) in [4.78, 5) is 11.4. The summed E-state index contributed by atoms with van der Waals surface area (Å²) in [6.45, 7) is 12.6. The summed E-state index contributed by atoms with van der Waals surface area (Å²) in [7, 11) is -2.82. The van der Waals surface area contributed by atoms with Crippen molar-refractivity contribution in [3.05, 3.63) is 72.4 Å². The van der Waals surface area contributed by atoms with E-state index in [9.17, 15) is 15.0 Å². The van der Waals surface area contributed by atoms with Gasteiger partial charge >= 0.3 is 6.09 Å². The molecule has 1 aliphatic carbocycles. The second kappa shape index (κ2) is 10.1. The average Bonchev–Trinajstić information content (AvgIpc) is 3.40. The standard InChI is InChI=1S/C29H39N3O4Si/c1-28(2,3)32-26(30-27(34)35)19-23(31-32)20-17-24(33)25(18-20)36-37(29(4,5)6,21-13-9-7-10-14-21)22-15-11-8-12-16-22/h7-16,19-20,24-25,30,33H,17-18H2,1-6H3,(H,34,35)/t20-,24+,25-/m1/s1. The highest BCUT2D eigenvalue weighted by atomic mass is 28.4. The number of carbonyl (C=O) groups is 1. The first kappa shape index (κ1) is 27.1. The number of rotatable bonds is 6. The number of hydrogen-bond donors (Lipinski definition) is 3. The van der Waals surface area contributed by atoms with Gasteiger partial charge in [0.15, 0.2) is 0 Å². The lowest BCUT2D eigenvalue weighted by Crippen LogP contribution is -2.68. The minimum atomic E-state index is -2.82. The van der Waals surface area contributed by atoms with Crippen LogP contribution in [0.3, 0.4) is 0 Å². The van der Waals surface area contributed by atoms with Gasteiger partial charge in [-0.1, -0.05) is 81.4 Å². The van der Waals surface area contributed by atoms with E-state index in [0.29, 0.717) is 18.7 Å². The fourth-order valence-electron chi connectivity index (χ4n) is 5.57. The van der Waals surface area contributed by atoms with Crippen molar-refractivity contribution in [1.29, 1.82) is 0 Å². The Labute approximate surface area is 220 Å². The molecule has 0 bridgehead atoms. The second-order valence-electron chi connectivity index (χ2n) is 12.0. The molecule has 0 aliphatic heterocycles. The summed E-state index contributed by atoms with van der Waals surface area (Å²) in [5, 5.41) is 30.0. The van der Waals surface area contributed by atoms with Crippen LogP contribution < -0.4 is 15.7 Å². The molecule has 1 saturated carbocycles. The van der Waals surface area contributed by atoms with Crippen molar-refractivity contribution in [2.75, 3.05) is 5.32 Å². The van der Waals surface area contributed by atoms with Crippen LogP contribution in [0.5, 0.6) is 0 Å². The number of carboxylic acid groups (broad SMARTS) is 1. The van der Waals surface area contributed by atoms with E-state index in [1.54, 1.807) is 10.7 Å². The summed E-state index contributed by atoms with van der Waals surface area (Å²) in [6, 6.07) is 22.7. The Morgan fingerprint density at radius 2 is 1.51 bits per heavy atom. The topological polar surface area (TPSA) is 96.6 Å². The third-order valence-electron chi connectivity index (χ3n) is 7.23. The SMILES string of the molecule is CC(C)(C)n1nc([C@@H]2C[C@H](O)[C@H](O[Si](c3ccccc3)(c3ccccc3)C(C)(C)C)C2)cc1NC(=O)O. The number of anilines is 1. The van der Waals surface area contributed by atoms with E-state index in [-0.39, 0.29) is 17.1 Å². The van der Waals surface area contributed by atoms with Crippen molar-refractivity contribution in [1.82, 2.24) is 9.78 Å². The quantitative estimate of drug-likeness (QED) is 0.401. The van der Waals surface area contributed by atoms with Crippen molar-refractivity contribution in [3.63, 3.8) is 0 Å². The van der Waals surface area contributed by atoms with Gasteiger partial charge < -0.3 is 14.6 Å². The Hall–Kier alpha value is -2.94. The lowest BCUT2D eigenvalue weighted by molar-refractivity contribution is 0.0539. The molecule has 0 unspecified atom stereocenters. The monoisotopic (exact) mass is 521 g/mol. The first-order valence-electron chi connectivity index (χ1n) is 12.9. The van der Waals surface area contributed by atoms with Crippen molar-refractivity contribution >= 4 is 30.6 Å². The number of aliphatic hydroxyl groups is 1. The summed E-state index contributed by atoms with van der Waals surface area (Å²) in [5.41, 5.74) is 0.365. The van der Waals surface area contributed by atoms with Gasteiger partial charge in [0.25, 0.3) is 8.32 Å². The normalized spacial score (nSPS) is 20.7. The third-order valence-corrected chi connectivity index (χ3v) is 12.3. The molecule has 0 saturated heterocycles. The van der Waals surface area contributed by atoms with Crippen LogP contribution in [0.4, 0.5) is 10.6 Å². The lowest BCUT2D eigenvalue weighted by Gasteiger charge is -2.45. The minimum Gasteiger partial charge on any atom is -0.465 e. The van der Waals surface area contributed by atoms with Crippen LogP contribution in [0.2, 0.25) is 5.04 Å². The van der Waals surface area contributed by atoms with Gasteiger partial charge in [0.05, 0.1) is 23.4 Å². The molecule has 7 nitrogen and oxygen atoms in total. The van der Waals surface area contributed by atoms with Gasteiger partial charge in [-0.25, -0.2) is 9.48 Å². The van der Waals surface area contributed by atoms with Crippen LogP contribution in [0.15, 0.2) is 66.7 Å². The van der Waals surface area contributed by atoms with Gasteiger partial charge in [-0.2, -0.15) is 5.10 Å². The highest BCUT2D eigenvalue weighted by molar-refractivity contribution is 6.99. The number of nitrogens with one attached hydrogen (secondary N) is 1. The number of aliphatic hydroxyl groups excluding tert-OH is 1. The molecule has 8 heteroatoms. The van der Waals surface area contributed by atoms with Crippen LogP contribution in [0, 0.1) is 0 Å². The van der Waals surface area contributed by atoms with Crippen molar-refractivity contribution in [2.24, 2.45) is 0 Å². The van der Waals surface area contributed by atoms with Crippen LogP contribution in [0.25, 0.3) is 0 Å². The van der Waals surface area contributed by atoms with Crippen molar-refractivity contribution in [2.45, 2.75) is 83.1 Å². The van der Waals surface area contributed by atoms with E-state index in [1.165, 1.54) is 10.4 Å². The van der Waals surface area contributed by atoms with Crippen LogP contribution >= 0.6 is 0 Å². The maximum absolute atomic E-state index is 11.4. The van der Waals surface area contributed by atoms with Gasteiger partial charge in [0.2, 0.25) is 0 Å². The van der Waals surface area contributed by atoms with Gasteiger partial charge in [0.1, 0.15) is 5.82 Å². The van der Waals surface area contributed by atoms with Crippen LogP contribution in [-0.2, 0) is 9.96 Å². The van der Waals surface area contributed by atoms with Crippen molar-refractivity contribution < 1.29 is 19.4 Å². The van der Waals surface area contributed by atoms with Gasteiger partial charge in [-0.3, -0.25) is 5.32 Å². The minimum absolute atomic E-state index is 0.0452. The number of hydrogen-bond acceptors (Lipinski definition) is 4. The maximum Gasteiger partial charge on any atom is 0.410 e. The molecule has 0 spiro atoms. The largest absolute Gasteiger partial charge is 0.465 e. The molecule has 3 atom stereocenters. The molecule has 3 aromatic rings. The molecule has 4 rings (SSSR count). The molecule has 1 heterocycles. The molecule has 1 aromatic heterocycles. The average molecular weight is 522 g/mol. The van der Waals surface area contributed by atoms with E-state index in [1.807, 2.05) is 32.9 Å². The smallest absolute Gasteiger partial charge is 0.410 e. The number of benzene rings is 2. The predicted octanol–water partition coefficient (Wildman–Crippen LogP) is 4.91. The molecule has 2 aromatic carbocycles. The summed E-state index contributed by atoms with van der Waals surface area (Å²) >= 11 is 0. The second-order valence-corrected chi connectivity index (χ2v) is 16.3. The fourth-order valence-corrected chi connectivity index (χ4v) is 10.3. The highest BCUT2D eigenvalue weighted by Gasteiger charge is 2.53. The molecule has 0 radical (unpaired) electrons. The summed E-state index contributed by atoms with van der Waals surface area (Å²) in [5.74, 6) is 0.386. The summed E-state index contributed by atoms with van der Waals surface area (Å²) < 4.78 is 8.92. The van der Waals surface area contributed by atoms with E-state index in [0.717, 1.165) is 5.69 Å². The van der Waals surface area contributed by atoms with Gasteiger partial charge in [0, 0.05) is 12.0 Å². The number of amides is 1. The predicted molar refractivity (Wildman–Crippen MR) is 149 cm³/mol. The molecule has 37 heavy (non-hydrogen) atoms. The molecular weight excluding hydrogens is 482 g/mol. The Kier molecular flexibility index (Phi) is 7.38. The van der Waals surface area contributed by atoms with Gasteiger partial charge in [-0.05, 0) is 49.0 Å². The Balaban J connectivity index is 1.72. The Morgan fingerprint density at radius 1 is 0.973 bits per heavy atom. The van der Waals surface area contributed by atoms with E-state index < -0.39 is 26.1 Å². The van der Waals surface area contributed by atoms with Crippen LogP contribution in [0.1, 0.15) is 66.0 Å². The van der Waals surface area contributed by atoms with E-state index in [2.05, 4.69) is 74.6 Å². The molecular formula is C29H39N3O4Si. The fraction of sp³-hybridized carbons (Fsp3) is 0.448. The Bertz CT molecular complexity index is 1180. The molecule has 1 fully saturated rings. The summed E-state index contributed by atoms with van der Waals surface area (Å²) in [6.07, 6.45) is -1.03. The first-order valence-corrected chi connectivity index (χ1v) is 14.8. The first-order chi connectivity index (χ1) is 17.3. The van der Waals surface area contributed by atoms with Gasteiger partial charge in [-0.15, -0.1) is 0 Å². The lowest BCUT2D eigenvalue weighted by atomic mass is 10.0. The number of nitrogens with zero attached hydrogens (tertiary/aromatic N) is 2. The molecule has 3 N–H and O–H groups in total. The van der Waals surface area contributed by atoms with E-state index in [4.69, 9.17) is 9.52 Å². The van der Waals surface area contributed by atoms with Crippen LogP contribution in [-0.4, -0.2) is 46.6 Å². The van der Waals surface area contributed by atoms with Crippen molar-refractivity contribution in [3.8, 4) is 0 Å². The third kappa shape index (κ3) is 5.37. The zero-order chi connectivity index (χ0) is 27.0. The highest BCUT2D eigenvalue weighted by Crippen LogP contribution is 2.43. The Morgan fingerprint density at radius 3 is 1.97 bits per heavy atom. The molecule has 198 valence electrons. The maximum atomic E-state index is 11.4. The number of aromatic nitrogens is 2. The zero-order valence-electron chi connectivity index (χ0n) is 22.6. The zero-order valence-corrected chi connectivity index (χ0v) is 23.6. The van der Waals surface area contributed by atoms with E-state index >= 15 is 0 Å².